The van der Waals surface area contributed by atoms with E-state index in [1.165, 1.54) is 25.9 Å². The fraction of sp³-hybridized carbons (Fsp3) is 0.900. The zero-order chi connectivity index (χ0) is 18.8. The van der Waals surface area contributed by atoms with Gasteiger partial charge in [0, 0.05) is 57.1 Å². The Morgan fingerprint density at radius 2 is 2.19 bits per heavy atom. The normalized spacial score (nSPS) is 31.4. The number of guanidine groups is 1. The highest BCUT2D eigenvalue weighted by Crippen LogP contribution is 2.36. The van der Waals surface area contributed by atoms with E-state index < -0.39 is 0 Å². The van der Waals surface area contributed by atoms with Gasteiger partial charge in [-0.3, -0.25) is 14.7 Å². The molecular formula is C20H37N5O. The lowest BCUT2D eigenvalue weighted by atomic mass is 9.79. The quantitative estimate of drug-likeness (QED) is 0.592. The molecule has 3 saturated heterocycles. The number of piperidine rings is 2. The lowest BCUT2D eigenvalue weighted by molar-refractivity contribution is -0.119. The number of hydrogen-bond donors (Lipinski definition) is 2. The van der Waals surface area contributed by atoms with Crippen molar-refractivity contribution in [2.45, 2.75) is 58.4 Å². The molecule has 6 nitrogen and oxygen atoms in total. The van der Waals surface area contributed by atoms with Gasteiger partial charge in [0.1, 0.15) is 0 Å². The Balaban J connectivity index is 1.58. The monoisotopic (exact) mass is 363 g/mol. The van der Waals surface area contributed by atoms with Gasteiger partial charge in [0.05, 0.1) is 0 Å². The minimum atomic E-state index is 0.102. The second kappa shape index (κ2) is 7.75. The molecule has 3 aliphatic heterocycles. The molecule has 148 valence electrons. The largest absolute Gasteiger partial charge is 0.355 e. The molecule has 2 N–H and O–H groups in total. The molecular weight excluding hydrogens is 326 g/mol. The summed E-state index contributed by atoms with van der Waals surface area (Å²) in [6.45, 7) is 13.1. The molecule has 3 fully saturated rings. The molecule has 0 radical (unpaired) electrons. The van der Waals surface area contributed by atoms with E-state index in [0.29, 0.717) is 6.42 Å². The van der Waals surface area contributed by atoms with Crippen molar-refractivity contribution in [3.05, 3.63) is 0 Å². The van der Waals surface area contributed by atoms with E-state index in [4.69, 9.17) is 0 Å². The topological polar surface area (TPSA) is 60.0 Å². The van der Waals surface area contributed by atoms with E-state index in [0.717, 1.165) is 50.9 Å². The third kappa shape index (κ3) is 4.33. The predicted molar refractivity (Wildman–Crippen MR) is 106 cm³/mol. The first-order valence-corrected chi connectivity index (χ1v) is 10.3. The highest BCUT2D eigenvalue weighted by Gasteiger charge is 2.42. The summed E-state index contributed by atoms with van der Waals surface area (Å²) in [5.74, 6) is 1.98. The van der Waals surface area contributed by atoms with Crippen LogP contribution in [0.1, 0.15) is 52.9 Å². The van der Waals surface area contributed by atoms with Gasteiger partial charge in [-0.25, -0.2) is 0 Å². The van der Waals surface area contributed by atoms with Crippen LogP contribution in [-0.2, 0) is 4.79 Å². The van der Waals surface area contributed by atoms with Crippen molar-refractivity contribution in [2.24, 2.45) is 16.3 Å². The third-order valence-electron chi connectivity index (χ3n) is 6.56. The summed E-state index contributed by atoms with van der Waals surface area (Å²) in [7, 11) is 1.87. The van der Waals surface area contributed by atoms with Crippen molar-refractivity contribution in [3.63, 3.8) is 0 Å². The molecule has 2 atom stereocenters. The SMILES string of the molecule is CN=C(NCC(C)(C)N1CCCC(C)C1)N1CCCC2(CNC(=O)C2)C1. The summed E-state index contributed by atoms with van der Waals surface area (Å²) in [4.78, 5) is 21.3. The summed E-state index contributed by atoms with van der Waals surface area (Å²) >= 11 is 0. The molecule has 1 amide bonds. The first-order valence-electron chi connectivity index (χ1n) is 10.3. The Morgan fingerprint density at radius 3 is 2.85 bits per heavy atom. The number of amides is 1. The van der Waals surface area contributed by atoms with Gasteiger partial charge >= 0.3 is 0 Å². The minimum Gasteiger partial charge on any atom is -0.355 e. The number of carbonyl (C=O) groups excluding carboxylic acids is 1. The molecule has 2 unspecified atom stereocenters. The van der Waals surface area contributed by atoms with E-state index in [1.54, 1.807) is 0 Å². The molecule has 0 aromatic heterocycles. The van der Waals surface area contributed by atoms with Gasteiger partial charge in [0.25, 0.3) is 0 Å². The van der Waals surface area contributed by atoms with Gasteiger partial charge < -0.3 is 15.5 Å². The summed E-state index contributed by atoms with van der Waals surface area (Å²) in [6, 6.07) is 0. The summed E-state index contributed by atoms with van der Waals surface area (Å²) in [6.07, 6.45) is 5.58. The molecule has 3 rings (SSSR count). The van der Waals surface area contributed by atoms with Gasteiger partial charge in [-0.1, -0.05) is 6.92 Å². The Morgan fingerprint density at radius 1 is 1.38 bits per heavy atom. The van der Waals surface area contributed by atoms with Crippen LogP contribution in [0.5, 0.6) is 0 Å². The number of nitrogens with one attached hydrogen (secondary N) is 2. The zero-order valence-corrected chi connectivity index (χ0v) is 17.1. The van der Waals surface area contributed by atoms with Crippen LogP contribution in [0.4, 0.5) is 0 Å². The molecule has 26 heavy (non-hydrogen) atoms. The maximum Gasteiger partial charge on any atom is 0.220 e. The molecule has 3 heterocycles. The lowest BCUT2D eigenvalue weighted by Crippen LogP contribution is -2.58. The van der Waals surface area contributed by atoms with Crippen LogP contribution in [0.3, 0.4) is 0 Å². The maximum absolute atomic E-state index is 11.7. The Labute approximate surface area is 158 Å². The Kier molecular flexibility index (Phi) is 5.80. The molecule has 0 bridgehead atoms. The molecule has 0 aromatic carbocycles. The number of hydrogen-bond acceptors (Lipinski definition) is 3. The van der Waals surface area contributed by atoms with Crippen LogP contribution < -0.4 is 10.6 Å². The van der Waals surface area contributed by atoms with Crippen LogP contribution in [0.25, 0.3) is 0 Å². The Bertz CT molecular complexity index is 546. The summed E-state index contributed by atoms with van der Waals surface area (Å²) in [5.41, 5.74) is 0.216. The van der Waals surface area contributed by atoms with Crippen molar-refractivity contribution in [1.82, 2.24) is 20.4 Å². The second-order valence-corrected chi connectivity index (χ2v) is 9.39. The fourth-order valence-corrected chi connectivity index (χ4v) is 4.91. The standard InChI is InChI=1S/C20H37N5O/c1-16-7-5-10-25(12-16)19(2,3)13-23-18(21-4)24-9-6-8-20(15-24)11-17(26)22-14-20/h16H,5-15H2,1-4H3,(H,21,23)(H,22,26). The third-order valence-corrected chi connectivity index (χ3v) is 6.56. The van der Waals surface area contributed by atoms with Crippen LogP contribution in [0.2, 0.25) is 0 Å². The number of aliphatic imine (C=N–C) groups is 1. The average Bonchev–Trinajstić information content (AvgIpc) is 2.95. The first kappa shape index (κ1) is 19.5. The average molecular weight is 364 g/mol. The van der Waals surface area contributed by atoms with Crippen molar-refractivity contribution in [2.75, 3.05) is 46.3 Å². The summed E-state index contributed by atoms with van der Waals surface area (Å²) < 4.78 is 0. The number of carbonyl (C=O) groups is 1. The van der Waals surface area contributed by atoms with Crippen LogP contribution in [0, 0.1) is 11.3 Å². The molecule has 0 aromatic rings. The summed E-state index contributed by atoms with van der Waals surface area (Å²) in [5, 5.41) is 6.67. The van der Waals surface area contributed by atoms with E-state index >= 15 is 0 Å². The first-order chi connectivity index (χ1) is 12.3. The van der Waals surface area contributed by atoms with E-state index in [2.05, 4.69) is 46.2 Å². The molecule has 0 aliphatic carbocycles. The van der Waals surface area contributed by atoms with E-state index in [9.17, 15) is 4.79 Å². The Hall–Kier alpha value is -1.30. The van der Waals surface area contributed by atoms with E-state index in [1.807, 2.05) is 7.05 Å². The smallest absolute Gasteiger partial charge is 0.220 e. The highest BCUT2D eigenvalue weighted by atomic mass is 16.1. The predicted octanol–water partition coefficient (Wildman–Crippen LogP) is 1.67. The second-order valence-electron chi connectivity index (χ2n) is 9.39. The van der Waals surface area contributed by atoms with Gasteiger partial charge in [-0.05, 0) is 52.0 Å². The molecule has 0 saturated carbocycles. The maximum atomic E-state index is 11.7. The zero-order valence-electron chi connectivity index (χ0n) is 17.1. The number of likely N-dealkylation sites (tertiary alicyclic amines) is 2. The van der Waals surface area contributed by atoms with Gasteiger partial charge in [0.15, 0.2) is 5.96 Å². The van der Waals surface area contributed by atoms with Crippen molar-refractivity contribution in [1.29, 1.82) is 0 Å². The van der Waals surface area contributed by atoms with Gasteiger partial charge in [0.2, 0.25) is 5.91 Å². The van der Waals surface area contributed by atoms with Crippen molar-refractivity contribution in [3.8, 4) is 0 Å². The van der Waals surface area contributed by atoms with Crippen LogP contribution in [-0.4, -0.2) is 73.5 Å². The highest BCUT2D eigenvalue weighted by molar-refractivity contribution is 5.81. The molecule has 6 heteroatoms. The van der Waals surface area contributed by atoms with Gasteiger partial charge in [-0.2, -0.15) is 0 Å². The van der Waals surface area contributed by atoms with Crippen LogP contribution in [0.15, 0.2) is 4.99 Å². The lowest BCUT2D eigenvalue weighted by Gasteiger charge is -2.45. The molecule has 3 aliphatic rings. The fourth-order valence-electron chi connectivity index (χ4n) is 4.91. The van der Waals surface area contributed by atoms with Crippen molar-refractivity contribution < 1.29 is 4.79 Å². The molecule has 1 spiro atoms. The van der Waals surface area contributed by atoms with Gasteiger partial charge in [-0.15, -0.1) is 0 Å². The minimum absolute atomic E-state index is 0.102. The van der Waals surface area contributed by atoms with E-state index in [-0.39, 0.29) is 16.9 Å². The van der Waals surface area contributed by atoms with Crippen LogP contribution >= 0.6 is 0 Å². The number of rotatable bonds is 3. The number of nitrogens with zero attached hydrogens (tertiary/aromatic N) is 3. The van der Waals surface area contributed by atoms with Crippen molar-refractivity contribution >= 4 is 11.9 Å².